The number of nitrogens with zero attached hydrogens (tertiary/aromatic N) is 3. The monoisotopic (exact) mass is 261 g/mol. The molecule has 0 aliphatic heterocycles. The summed E-state index contributed by atoms with van der Waals surface area (Å²) in [6.45, 7) is -0.0876. The summed E-state index contributed by atoms with van der Waals surface area (Å²) in [6.07, 6.45) is 6.67. The van der Waals surface area contributed by atoms with Crippen LogP contribution in [0.25, 0.3) is 0 Å². The molecule has 0 atom stereocenters. The predicted molar refractivity (Wildman–Crippen MR) is 70.9 cm³/mol. The van der Waals surface area contributed by atoms with Gasteiger partial charge in [0.05, 0.1) is 6.54 Å². The number of anilines is 1. The van der Waals surface area contributed by atoms with E-state index in [1.807, 2.05) is 0 Å². The van der Waals surface area contributed by atoms with Crippen LogP contribution < -0.4 is 4.90 Å². The summed E-state index contributed by atoms with van der Waals surface area (Å²) in [5, 5.41) is 8.84. The van der Waals surface area contributed by atoms with Gasteiger partial charge in [0.15, 0.2) is 0 Å². The summed E-state index contributed by atoms with van der Waals surface area (Å²) >= 11 is 0. The van der Waals surface area contributed by atoms with Crippen molar-refractivity contribution in [3.8, 4) is 12.3 Å². The number of hydrogen-bond acceptors (Lipinski definition) is 4. The quantitative estimate of drug-likeness (QED) is 0.772. The molecule has 1 amide bonds. The van der Waals surface area contributed by atoms with Crippen molar-refractivity contribution in [1.82, 2.24) is 9.88 Å². The summed E-state index contributed by atoms with van der Waals surface area (Å²) in [4.78, 5) is 29.4. The molecule has 0 saturated carbocycles. The van der Waals surface area contributed by atoms with Gasteiger partial charge in [-0.2, -0.15) is 0 Å². The topological polar surface area (TPSA) is 73.7 Å². The highest BCUT2D eigenvalue weighted by Crippen LogP contribution is 2.14. The van der Waals surface area contributed by atoms with Gasteiger partial charge in [-0.3, -0.25) is 14.6 Å². The molecule has 0 fully saturated rings. The highest BCUT2D eigenvalue weighted by molar-refractivity contribution is 5.93. The van der Waals surface area contributed by atoms with Crippen LogP contribution >= 0.6 is 0 Å². The summed E-state index contributed by atoms with van der Waals surface area (Å²) in [6, 6.07) is 3.15. The molecule has 19 heavy (non-hydrogen) atoms. The third-order valence-electron chi connectivity index (χ3n) is 2.34. The number of rotatable bonds is 5. The SMILES string of the molecule is C#CCN(CC(=O)O)c1ccnc(C(=O)N(C)C)c1. The van der Waals surface area contributed by atoms with Gasteiger partial charge in [-0.1, -0.05) is 5.92 Å². The Kier molecular flexibility index (Phi) is 4.89. The molecular weight excluding hydrogens is 246 g/mol. The molecule has 0 unspecified atom stereocenters. The molecule has 100 valence electrons. The van der Waals surface area contributed by atoms with Gasteiger partial charge in [-0.25, -0.2) is 0 Å². The van der Waals surface area contributed by atoms with Crippen molar-refractivity contribution in [2.45, 2.75) is 0 Å². The molecule has 0 saturated heterocycles. The van der Waals surface area contributed by atoms with E-state index in [1.54, 1.807) is 20.2 Å². The Morgan fingerprint density at radius 3 is 2.68 bits per heavy atom. The van der Waals surface area contributed by atoms with E-state index in [2.05, 4.69) is 10.9 Å². The molecule has 0 aliphatic rings. The summed E-state index contributed by atoms with van der Waals surface area (Å²) in [5.74, 6) is 1.14. The van der Waals surface area contributed by atoms with Crippen LogP contribution in [0.4, 0.5) is 5.69 Å². The lowest BCUT2D eigenvalue weighted by Gasteiger charge is -2.20. The van der Waals surface area contributed by atoms with Crippen molar-refractivity contribution in [2.75, 3.05) is 32.1 Å². The zero-order chi connectivity index (χ0) is 14.4. The van der Waals surface area contributed by atoms with Crippen LogP contribution in [0.15, 0.2) is 18.3 Å². The number of aromatic nitrogens is 1. The second-order valence-corrected chi connectivity index (χ2v) is 4.05. The number of hydrogen-bond donors (Lipinski definition) is 1. The number of carboxylic acid groups (broad SMARTS) is 1. The first kappa shape index (κ1) is 14.5. The highest BCUT2D eigenvalue weighted by atomic mass is 16.4. The number of carbonyl (C=O) groups is 2. The van der Waals surface area contributed by atoms with E-state index in [-0.39, 0.29) is 24.7 Å². The number of pyridine rings is 1. The van der Waals surface area contributed by atoms with E-state index in [9.17, 15) is 9.59 Å². The second kappa shape index (κ2) is 6.40. The van der Waals surface area contributed by atoms with Gasteiger partial charge in [-0.05, 0) is 12.1 Å². The Morgan fingerprint density at radius 1 is 1.47 bits per heavy atom. The van der Waals surface area contributed by atoms with Gasteiger partial charge in [-0.15, -0.1) is 6.42 Å². The number of amides is 1. The molecule has 1 N–H and O–H groups in total. The lowest BCUT2D eigenvalue weighted by Crippen LogP contribution is -2.30. The average Bonchev–Trinajstić information content (AvgIpc) is 2.37. The molecule has 1 aromatic heterocycles. The highest BCUT2D eigenvalue weighted by Gasteiger charge is 2.14. The van der Waals surface area contributed by atoms with E-state index < -0.39 is 5.97 Å². The molecule has 0 bridgehead atoms. The molecular formula is C13H15N3O3. The first-order valence-electron chi connectivity index (χ1n) is 5.53. The van der Waals surface area contributed by atoms with Crippen molar-refractivity contribution >= 4 is 17.6 Å². The molecule has 6 nitrogen and oxygen atoms in total. The lowest BCUT2D eigenvalue weighted by atomic mass is 10.2. The molecule has 6 heteroatoms. The van der Waals surface area contributed by atoms with Crippen LogP contribution in [-0.2, 0) is 4.79 Å². The fraction of sp³-hybridized carbons (Fsp3) is 0.308. The number of carboxylic acids is 1. The lowest BCUT2D eigenvalue weighted by molar-refractivity contribution is -0.135. The Morgan fingerprint density at radius 2 is 2.16 bits per heavy atom. The van der Waals surface area contributed by atoms with Crippen molar-refractivity contribution in [2.24, 2.45) is 0 Å². The Balaban J connectivity index is 3.05. The van der Waals surface area contributed by atoms with Gasteiger partial charge < -0.3 is 14.9 Å². The normalized spacial score (nSPS) is 9.53. The third kappa shape index (κ3) is 4.00. The van der Waals surface area contributed by atoms with Gasteiger partial charge in [0.1, 0.15) is 12.2 Å². The van der Waals surface area contributed by atoms with Crippen molar-refractivity contribution < 1.29 is 14.7 Å². The van der Waals surface area contributed by atoms with Gasteiger partial charge in [0, 0.05) is 26.0 Å². The molecule has 0 aliphatic carbocycles. The van der Waals surface area contributed by atoms with Crippen molar-refractivity contribution in [1.29, 1.82) is 0 Å². The molecule has 1 heterocycles. The Hall–Kier alpha value is -2.55. The van der Waals surface area contributed by atoms with Crippen LogP contribution in [0.2, 0.25) is 0 Å². The van der Waals surface area contributed by atoms with E-state index >= 15 is 0 Å². The Bertz CT molecular complexity index is 520. The third-order valence-corrected chi connectivity index (χ3v) is 2.34. The predicted octanol–water partition coefficient (Wildman–Crippen LogP) is 0.308. The van der Waals surface area contributed by atoms with Crippen LogP contribution in [0.1, 0.15) is 10.5 Å². The largest absolute Gasteiger partial charge is 0.480 e. The number of carbonyl (C=O) groups excluding carboxylic acids is 1. The number of aliphatic carboxylic acids is 1. The maximum absolute atomic E-state index is 11.8. The van der Waals surface area contributed by atoms with Crippen LogP contribution in [-0.4, -0.2) is 54.1 Å². The van der Waals surface area contributed by atoms with Crippen LogP contribution in [0, 0.1) is 12.3 Å². The van der Waals surface area contributed by atoms with E-state index in [4.69, 9.17) is 11.5 Å². The molecule has 1 rings (SSSR count). The summed E-state index contributed by atoms with van der Waals surface area (Å²) in [5.41, 5.74) is 0.801. The maximum Gasteiger partial charge on any atom is 0.323 e. The van der Waals surface area contributed by atoms with Gasteiger partial charge in [0.2, 0.25) is 0 Å². The van der Waals surface area contributed by atoms with Crippen LogP contribution in [0.3, 0.4) is 0 Å². The minimum absolute atomic E-state index is 0.145. The first-order chi connectivity index (χ1) is 8.95. The summed E-state index contributed by atoms with van der Waals surface area (Å²) in [7, 11) is 3.24. The first-order valence-corrected chi connectivity index (χ1v) is 5.53. The molecule has 0 aromatic carbocycles. The van der Waals surface area contributed by atoms with Gasteiger partial charge in [0.25, 0.3) is 5.91 Å². The zero-order valence-corrected chi connectivity index (χ0v) is 10.8. The average molecular weight is 261 g/mol. The smallest absolute Gasteiger partial charge is 0.323 e. The van der Waals surface area contributed by atoms with E-state index in [1.165, 1.54) is 22.1 Å². The minimum atomic E-state index is -0.993. The van der Waals surface area contributed by atoms with Crippen LogP contribution in [0.5, 0.6) is 0 Å². The Labute approximate surface area is 111 Å². The zero-order valence-electron chi connectivity index (χ0n) is 10.8. The van der Waals surface area contributed by atoms with E-state index in [0.29, 0.717) is 5.69 Å². The van der Waals surface area contributed by atoms with E-state index in [0.717, 1.165) is 0 Å². The van der Waals surface area contributed by atoms with Gasteiger partial charge >= 0.3 is 5.97 Å². The van der Waals surface area contributed by atoms with Crippen molar-refractivity contribution in [3.63, 3.8) is 0 Å². The second-order valence-electron chi connectivity index (χ2n) is 4.05. The fourth-order valence-electron chi connectivity index (χ4n) is 1.47. The fourth-order valence-corrected chi connectivity index (χ4v) is 1.47. The number of terminal acetylenes is 1. The van der Waals surface area contributed by atoms with Crippen molar-refractivity contribution in [3.05, 3.63) is 24.0 Å². The molecule has 1 aromatic rings. The summed E-state index contributed by atoms with van der Waals surface area (Å²) < 4.78 is 0. The molecule has 0 radical (unpaired) electrons. The maximum atomic E-state index is 11.8. The molecule has 0 spiro atoms. The minimum Gasteiger partial charge on any atom is -0.480 e. The standard InChI is InChI=1S/C13H15N3O3/c1-4-7-16(9-12(17)18)10-5-6-14-11(8-10)13(19)15(2)3/h1,5-6,8H,7,9H2,2-3H3,(H,17,18).